The molecule has 0 saturated carbocycles. The molecule has 0 spiro atoms. The standard InChI is InChI=1S/C9H8O5/c1-6(10)13-9-5-3-7(14-9)2-4-8(11)12/h2-5H,1H3,(H,11,12)/b4-2+. The Morgan fingerprint density at radius 1 is 1.50 bits per heavy atom. The van der Waals surface area contributed by atoms with E-state index in [1.807, 2.05) is 0 Å². The molecule has 0 aliphatic heterocycles. The van der Waals surface area contributed by atoms with Gasteiger partial charge in [-0.2, -0.15) is 0 Å². The number of hydrogen-bond acceptors (Lipinski definition) is 4. The highest BCUT2D eigenvalue weighted by Crippen LogP contribution is 2.16. The van der Waals surface area contributed by atoms with E-state index in [-0.39, 0.29) is 5.95 Å². The topological polar surface area (TPSA) is 76.7 Å². The summed E-state index contributed by atoms with van der Waals surface area (Å²) in [5, 5.41) is 8.31. The van der Waals surface area contributed by atoms with Crippen molar-refractivity contribution >= 4 is 18.0 Å². The fraction of sp³-hybridized carbons (Fsp3) is 0.111. The second-order valence-electron chi connectivity index (χ2n) is 2.42. The number of rotatable bonds is 3. The van der Waals surface area contributed by atoms with Gasteiger partial charge in [0.05, 0.1) is 0 Å². The van der Waals surface area contributed by atoms with Crippen LogP contribution in [0.2, 0.25) is 0 Å². The fourth-order valence-corrected chi connectivity index (χ4v) is 0.774. The third-order valence-electron chi connectivity index (χ3n) is 1.24. The van der Waals surface area contributed by atoms with E-state index in [2.05, 4.69) is 4.74 Å². The fourth-order valence-electron chi connectivity index (χ4n) is 0.774. The van der Waals surface area contributed by atoms with Gasteiger partial charge in [0.25, 0.3) is 5.95 Å². The minimum absolute atomic E-state index is 0.0440. The average molecular weight is 196 g/mol. The molecule has 0 aliphatic rings. The normalized spacial score (nSPS) is 10.4. The molecular formula is C9H8O5. The number of aliphatic carboxylic acids is 1. The summed E-state index contributed by atoms with van der Waals surface area (Å²) in [4.78, 5) is 20.6. The quantitative estimate of drug-likeness (QED) is 0.582. The van der Waals surface area contributed by atoms with E-state index in [0.29, 0.717) is 5.76 Å². The second-order valence-corrected chi connectivity index (χ2v) is 2.42. The van der Waals surface area contributed by atoms with Gasteiger partial charge in [0.2, 0.25) is 0 Å². The minimum Gasteiger partial charge on any atom is -0.478 e. The van der Waals surface area contributed by atoms with Gasteiger partial charge in [-0.3, -0.25) is 4.79 Å². The van der Waals surface area contributed by atoms with E-state index in [1.54, 1.807) is 0 Å². The van der Waals surface area contributed by atoms with Gasteiger partial charge in [-0.15, -0.1) is 0 Å². The third kappa shape index (κ3) is 3.14. The Hall–Kier alpha value is -2.04. The van der Waals surface area contributed by atoms with Crippen molar-refractivity contribution in [1.82, 2.24) is 0 Å². The number of carbonyl (C=O) groups excluding carboxylic acids is 1. The average Bonchev–Trinajstić information content (AvgIpc) is 2.47. The molecule has 1 aromatic heterocycles. The maximum absolute atomic E-state index is 10.5. The largest absolute Gasteiger partial charge is 0.478 e. The van der Waals surface area contributed by atoms with Crippen LogP contribution in [0.1, 0.15) is 12.7 Å². The summed E-state index contributed by atoms with van der Waals surface area (Å²) in [5.74, 6) is -1.21. The molecule has 1 heterocycles. The molecule has 0 radical (unpaired) electrons. The van der Waals surface area contributed by atoms with Crippen LogP contribution in [0.25, 0.3) is 6.08 Å². The molecule has 0 saturated heterocycles. The van der Waals surface area contributed by atoms with Gasteiger partial charge in [0, 0.05) is 19.1 Å². The van der Waals surface area contributed by atoms with Crippen LogP contribution in [0.15, 0.2) is 22.6 Å². The lowest BCUT2D eigenvalue weighted by Crippen LogP contribution is -1.99. The molecule has 0 fully saturated rings. The first-order chi connectivity index (χ1) is 6.58. The number of hydrogen-bond donors (Lipinski definition) is 1. The third-order valence-corrected chi connectivity index (χ3v) is 1.24. The summed E-state index contributed by atoms with van der Waals surface area (Å²) in [7, 11) is 0. The van der Waals surface area contributed by atoms with Crippen LogP contribution >= 0.6 is 0 Å². The lowest BCUT2D eigenvalue weighted by atomic mass is 10.4. The number of carbonyl (C=O) groups is 2. The van der Waals surface area contributed by atoms with Gasteiger partial charge in [0.15, 0.2) is 0 Å². The molecule has 74 valence electrons. The summed E-state index contributed by atoms with van der Waals surface area (Å²) in [5.41, 5.74) is 0. The first-order valence-corrected chi connectivity index (χ1v) is 3.77. The Labute approximate surface area is 79.6 Å². The minimum atomic E-state index is -1.07. The Bertz CT molecular complexity index is 374. The Balaban J connectivity index is 2.68. The van der Waals surface area contributed by atoms with E-state index in [1.165, 1.54) is 25.1 Å². The Morgan fingerprint density at radius 3 is 2.79 bits per heavy atom. The summed E-state index contributed by atoms with van der Waals surface area (Å²) >= 11 is 0. The molecule has 0 amide bonds. The summed E-state index contributed by atoms with van der Waals surface area (Å²) in [6.07, 6.45) is 2.19. The zero-order valence-electron chi connectivity index (χ0n) is 7.39. The number of carboxylic acid groups (broad SMARTS) is 1. The molecule has 0 atom stereocenters. The van der Waals surface area contributed by atoms with Crippen molar-refractivity contribution in [2.75, 3.05) is 0 Å². The summed E-state index contributed by atoms with van der Waals surface area (Å²) in [6, 6.07) is 2.93. The van der Waals surface area contributed by atoms with Crippen LogP contribution in [-0.4, -0.2) is 17.0 Å². The zero-order valence-corrected chi connectivity index (χ0v) is 7.39. The highest BCUT2D eigenvalue weighted by atomic mass is 16.6. The van der Waals surface area contributed by atoms with E-state index in [9.17, 15) is 9.59 Å². The Kier molecular flexibility index (Phi) is 3.06. The molecule has 0 aliphatic carbocycles. The molecule has 0 unspecified atom stereocenters. The van der Waals surface area contributed by atoms with Crippen LogP contribution in [-0.2, 0) is 9.59 Å². The van der Waals surface area contributed by atoms with E-state index in [4.69, 9.17) is 9.52 Å². The molecule has 1 aromatic rings. The number of esters is 1. The van der Waals surface area contributed by atoms with Crippen molar-refractivity contribution in [2.24, 2.45) is 0 Å². The van der Waals surface area contributed by atoms with Crippen molar-refractivity contribution in [1.29, 1.82) is 0 Å². The second kappa shape index (κ2) is 4.27. The molecule has 5 nitrogen and oxygen atoms in total. The van der Waals surface area contributed by atoms with Crippen LogP contribution in [0.4, 0.5) is 0 Å². The van der Waals surface area contributed by atoms with Gasteiger partial charge < -0.3 is 14.3 Å². The van der Waals surface area contributed by atoms with Gasteiger partial charge >= 0.3 is 11.9 Å². The van der Waals surface area contributed by atoms with Crippen LogP contribution in [0.3, 0.4) is 0 Å². The van der Waals surface area contributed by atoms with E-state index < -0.39 is 11.9 Å². The van der Waals surface area contributed by atoms with Crippen LogP contribution < -0.4 is 4.74 Å². The van der Waals surface area contributed by atoms with Gasteiger partial charge in [-0.1, -0.05) is 0 Å². The molecule has 0 bridgehead atoms. The summed E-state index contributed by atoms with van der Waals surface area (Å²) in [6.45, 7) is 1.25. The number of furan rings is 1. The van der Waals surface area contributed by atoms with E-state index in [0.717, 1.165) is 6.08 Å². The molecule has 1 rings (SSSR count). The first kappa shape index (κ1) is 10.0. The van der Waals surface area contributed by atoms with E-state index >= 15 is 0 Å². The van der Waals surface area contributed by atoms with Crippen LogP contribution in [0, 0.1) is 0 Å². The highest BCUT2D eigenvalue weighted by molar-refractivity contribution is 5.84. The number of ether oxygens (including phenoxy) is 1. The molecule has 14 heavy (non-hydrogen) atoms. The molecule has 0 aromatic carbocycles. The predicted molar refractivity (Wildman–Crippen MR) is 46.7 cm³/mol. The van der Waals surface area contributed by atoms with Gasteiger partial charge in [-0.25, -0.2) is 4.79 Å². The van der Waals surface area contributed by atoms with Crippen LogP contribution in [0.5, 0.6) is 5.95 Å². The SMILES string of the molecule is CC(=O)Oc1ccc(/C=C/C(=O)O)o1. The Morgan fingerprint density at radius 2 is 2.21 bits per heavy atom. The zero-order chi connectivity index (χ0) is 10.6. The highest BCUT2D eigenvalue weighted by Gasteiger charge is 2.02. The van der Waals surface area contributed by atoms with Gasteiger partial charge in [0.1, 0.15) is 5.76 Å². The van der Waals surface area contributed by atoms with Crippen molar-refractivity contribution in [3.8, 4) is 5.95 Å². The lowest BCUT2D eigenvalue weighted by molar-refractivity contribution is -0.133. The smallest absolute Gasteiger partial charge is 0.328 e. The molecular weight excluding hydrogens is 188 g/mol. The van der Waals surface area contributed by atoms with Crippen molar-refractivity contribution in [2.45, 2.75) is 6.92 Å². The number of carboxylic acids is 1. The maximum Gasteiger partial charge on any atom is 0.328 e. The maximum atomic E-state index is 10.5. The van der Waals surface area contributed by atoms with Gasteiger partial charge in [-0.05, 0) is 12.1 Å². The van der Waals surface area contributed by atoms with Crippen molar-refractivity contribution in [3.05, 3.63) is 24.0 Å². The van der Waals surface area contributed by atoms with Crippen molar-refractivity contribution in [3.63, 3.8) is 0 Å². The predicted octanol–water partition coefficient (Wildman–Crippen LogP) is 1.30. The molecule has 1 N–H and O–H groups in total. The monoisotopic (exact) mass is 196 g/mol. The summed E-state index contributed by atoms with van der Waals surface area (Å²) < 4.78 is 9.57. The lowest BCUT2D eigenvalue weighted by Gasteiger charge is -1.92. The first-order valence-electron chi connectivity index (χ1n) is 3.77. The van der Waals surface area contributed by atoms with Crippen molar-refractivity contribution < 1.29 is 23.8 Å². The molecule has 5 heteroatoms.